The largest absolute Gasteiger partial charge is 0.490 e. The maximum atomic E-state index is 13.0. The predicted molar refractivity (Wildman–Crippen MR) is 118 cm³/mol. The fourth-order valence-electron chi connectivity index (χ4n) is 2.91. The molecule has 0 aliphatic heterocycles. The predicted octanol–water partition coefficient (Wildman–Crippen LogP) is 4.23. The number of amides is 3. The summed E-state index contributed by atoms with van der Waals surface area (Å²) in [6.07, 6.45) is 1.19. The van der Waals surface area contributed by atoms with Crippen LogP contribution >= 0.6 is 0 Å². The molecule has 1 unspecified atom stereocenters. The molecular weight excluding hydrogens is 401 g/mol. The van der Waals surface area contributed by atoms with Crippen molar-refractivity contribution in [3.63, 3.8) is 0 Å². The van der Waals surface area contributed by atoms with Gasteiger partial charge in [-0.2, -0.15) is 0 Å². The lowest BCUT2D eigenvalue weighted by atomic mass is 10.1. The van der Waals surface area contributed by atoms with Gasteiger partial charge in [-0.25, -0.2) is 9.18 Å². The van der Waals surface area contributed by atoms with Gasteiger partial charge >= 0.3 is 6.03 Å². The molecule has 0 spiro atoms. The first-order valence-electron chi connectivity index (χ1n) is 10.5. The van der Waals surface area contributed by atoms with Crippen molar-refractivity contribution in [2.75, 3.05) is 18.5 Å². The van der Waals surface area contributed by atoms with Crippen LogP contribution in [0.5, 0.6) is 11.5 Å². The lowest BCUT2D eigenvalue weighted by Gasteiger charge is -2.19. The summed E-state index contributed by atoms with van der Waals surface area (Å²) >= 11 is 0. The van der Waals surface area contributed by atoms with Crippen LogP contribution in [0.4, 0.5) is 14.9 Å². The van der Waals surface area contributed by atoms with Crippen molar-refractivity contribution >= 4 is 17.6 Å². The maximum absolute atomic E-state index is 13.0. The van der Waals surface area contributed by atoms with Gasteiger partial charge in [0.05, 0.1) is 13.2 Å². The number of rotatable bonds is 11. The highest BCUT2D eigenvalue weighted by Crippen LogP contribution is 2.30. The normalized spacial score (nSPS) is 11.4. The SMILES string of the molecule is CCCC(NC(=O)NCc1ccc(F)cc1)C(=O)Nc1ccc(OCC)c(OCC)c1. The molecule has 0 aliphatic rings. The molecule has 3 amide bonds. The molecule has 168 valence electrons. The monoisotopic (exact) mass is 431 g/mol. The molecular formula is C23H30FN3O4. The molecule has 8 heteroatoms. The van der Waals surface area contributed by atoms with Crippen LogP contribution in [0.25, 0.3) is 0 Å². The topological polar surface area (TPSA) is 88.7 Å². The number of hydrogen-bond acceptors (Lipinski definition) is 4. The van der Waals surface area contributed by atoms with Gasteiger partial charge in [-0.1, -0.05) is 25.5 Å². The van der Waals surface area contributed by atoms with Crippen molar-refractivity contribution in [2.24, 2.45) is 0 Å². The standard InChI is InChI=1S/C23H30FN3O4/c1-4-7-19(27-23(29)25-15-16-8-10-17(24)11-9-16)22(28)26-18-12-13-20(30-5-2)21(14-18)31-6-3/h8-14,19H,4-7,15H2,1-3H3,(H,26,28)(H2,25,27,29). The third-order valence-electron chi connectivity index (χ3n) is 4.38. The molecule has 0 aliphatic carbocycles. The second-order valence-electron chi connectivity index (χ2n) is 6.81. The van der Waals surface area contributed by atoms with Crippen molar-refractivity contribution in [1.82, 2.24) is 10.6 Å². The molecule has 0 bridgehead atoms. The zero-order chi connectivity index (χ0) is 22.6. The molecule has 0 aromatic heterocycles. The molecule has 2 rings (SSSR count). The van der Waals surface area contributed by atoms with Crippen LogP contribution in [0.1, 0.15) is 39.2 Å². The summed E-state index contributed by atoms with van der Waals surface area (Å²) in [5.74, 6) is 0.477. The second kappa shape index (κ2) is 12.4. The van der Waals surface area contributed by atoms with Gasteiger partial charge < -0.3 is 25.4 Å². The Bertz CT molecular complexity index is 858. The summed E-state index contributed by atoms with van der Waals surface area (Å²) in [5, 5.41) is 8.20. The van der Waals surface area contributed by atoms with Crippen molar-refractivity contribution in [3.05, 3.63) is 53.8 Å². The van der Waals surface area contributed by atoms with E-state index < -0.39 is 12.1 Å². The van der Waals surface area contributed by atoms with Gasteiger partial charge in [0.1, 0.15) is 11.9 Å². The smallest absolute Gasteiger partial charge is 0.315 e. The molecule has 0 saturated carbocycles. The summed E-state index contributed by atoms with van der Waals surface area (Å²) in [5.41, 5.74) is 1.30. The molecule has 7 nitrogen and oxygen atoms in total. The molecule has 0 saturated heterocycles. The van der Waals surface area contributed by atoms with Crippen LogP contribution in [-0.2, 0) is 11.3 Å². The lowest BCUT2D eigenvalue weighted by Crippen LogP contribution is -2.47. The third-order valence-corrected chi connectivity index (χ3v) is 4.38. The van der Waals surface area contributed by atoms with Gasteiger partial charge in [0.2, 0.25) is 5.91 Å². The molecule has 1 atom stereocenters. The molecule has 0 heterocycles. The number of urea groups is 1. The minimum absolute atomic E-state index is 0.225. The van der Waals surface area contributed by atoms with Crippen molar-refractivity contribution in [3.8, 4) is 11.5 Å². The average molecular weight is 432 g/mol. The number of hydrogen-bond donors (Lipinski definition) is 3. The summed E-state index contributed by atoms with van der Waals surface area (Å²) in [6, 6.07) is 9.82. The van der Waals surface area contributed by atoms with E-state index in [-0.39, 0.29) is 18.3 Å². The highest BCUT2D eigenvalue weighted by atomic mass is 19.1. The molecule has 3 N–H and O–H groups in total. The van der Waals surface area contributed by atoms with Crippen molar-refractivity contribution < 1.29 is 23.5 Å². The summed E-state index contributed by atoms with van der Waals surface area (Å²) in [7, 11) is 0. The van der Waals surface area contributed by atoms with E-state index in [1.54, 1.807) is 30.3 Å². The van der Waals surface area contributed by atoms with E-state index in [9.17, 15) is 14.0 Å². The number of carbonyl (C=O) groups is 2. The highest BCUT2D eigenvalue weighted by molar-refractivity contribution is 5.97. The number of anilines is 1. The van der Waals surface area contributed by atoms with Crippen LogP contribution in [0, 0.1) is 5.82 Å². The van der Waals surface area contributed by atoms with E-state index in [1.807, 2.05) is 20.8 Å². The van der Waals surface area contributed by atoms with Gasteiger partial charge in [0.25, 0.3) is 0 Å². The number of nitrogens with one attached hydrogen (secondary N) is 3. The first kappa shape index (κ1) is 24.0. The minimum atomic E-state index is -0.708. The van der Waals surface area contributed by atoms with Crippen LogP contribution in [0.15, 0.2) is 42.5 Å². The first-order chi connectivity index (χ1) is 15.0. The van der Waals surface area contributed by atoms with E-state index >= 15 is 0 Å². The van der Waals surface area contributed by atoms with Crippen LogP contribution in [0.3, 0.4) is 0 Å². The Labute approximate surface area is 182 Å². The van der Waals surface area contributed by atoms with Gasteiger partial charge in [0.15, 0.2) is 11.5 Å². The molecule has 0 fully saturated rings. The van der Waals surface area contributed by atoms with Gasteiger partial charge in [-0.05, 0) is 50.1 Å². The van der Waals surface area contributed by atoms with Crippen molar-refractivity contribution in [1.29, 1.82) is 0 Å². The summed E-state index contributed by atoms with van der Waals surface area (Å²) in [6.45, 7) is 6.87. The van der Waals surface area contributed by atoms with Crippen LogP contribution in [0.2, 0.25) is 0 Å². The summed E-state index contributed by atoms with van der Waals surface area (Å²) < 4.78 is 24.1. The fraction of sp³-hybridized carbons (Fsp3) is 0.391. The van der Waals surface area contributed by atoms with Crippen LogP contribution in [-0.4, -0.2) is 31.2 Å². The Morgan fingerprint density at radius 1 is 0.968 bits per heavy atom. The molecule has 2 aromatic rings. The van der Waals surface area contributed by atoms with Crippen molar-refractivity contribution in [2.45, 2.75) is 46.2 Å². The fourth-order valence-corrected chi connectivity index (χ4v) is 2.91. The summed E-state index contributed by atoms with van der Waals surface area (Å²) in [4.78, 5) is 25.0. The van der Waals surface area contributed by atoms with Gasteiger partial charge in [-0.15, -0.1) is 0 Å². The lowest BCUT2D eigenvalue weighted by molar-refractivity contribution is -0.118. The number of ether oxygens (including phenoxy) is 2. The zero-order valence-corrected chi connectivity index (χ0v) is 18.2. The van der Waals surface area contributed by atoms with E-state index in [2.05, 4.69) is 16.0 Å². The Kier molecular flexibility index (Phi) is 9.61. The number of carbonyl (C=O) groups excluding carboxylic acids is 2. The Morgan fingerprint density at radius 3 is 2.29 bits per heavy atom. The Hall–Kier alpha value is -3.29. The van der Waals surface area contributed by atoms with E-state index in [0.717, 1.165) is 5.56 Å². The molecule has 0 radical (unpaired) electrons. The number of benzene rings is 2. The molecule has 31 heavy (non-hydrogen) atoms. The second-order valence-corrected chi connectivity index (χ2v) is 6.81. The average Bonchev–Trinajstić information content (AvgIpc) is 2.75. The third kappa shape index (κ3) is 7.81. The minimum Gasteiger partial charge on any atom is -0.490 e. The van der Waals surface area contributed by atoms with Crippen LogP contribution < -0.4 is 25.4 Å². The highest BCUT2D eigenvalue weighted by Gasteiger charge is 2.20. The Balaban J connectivity index is 1.98. The number of halogens is 1. The van der Waals surface area contributed by atoms with E-state index in [4.69, 9.17) is 9.47 Å². The maximum Gasteiger partial charge on any atom is 0.315 e. The van der Waals surface area contributed by atoms with Gasteiger partial charge in [0, 0.05) is 18.3 Å². The van der Waals surface area contributed by atoms with Gasteiger partial charge in [-0.3, -0.25) is 4.79 Å². The molecule has 2 aromatic carbocycles. The van der Waals surface area contributed by atoms with E-state index in [1.165, 1.54) is 12.1 Å². The zero-order valence-electron chi connectivity index (χ0n) is 18.2. The Morgan fingerprint density at radius 2 is 1.65 bits per heavy atom. The first-order valence-corrected chi connectivity index (χ1v) is 10.5. The quantitative estimate of drug-likeness (QED) is 0.497. The van der Waals surface area contributed by atoms with E-state index in [0.29, 0.717) is 43.2 Å².